The zero-order valence-corrected chi connectivity index (χ0v) is 11.5. The molecule has 5 heteroatoms. The smallest absolute Gasteiger partial charge is 0.305 e. The average molecular weight is 240 g/mol. The minimum Gasteiger partial charge on any atom is -0.305 e. The van der Waals surface area contributed by atoms with E-state index in [1.165, 1.54) is 11.8 Å². The lowest BCUT2D eigenvalue weighted by Gasteiger charge is -2.26. The van der Waals surface area contributed by atoms with Crippen LogP contribution in [0.5, 0.6) is 0 Å². The average Bonchev–Trinajstić information content (AvgIpc) is 1.99. The summed E-state index contributed by atoms with van der Waals surface area (Å²) in [6, 6.07) is 0. The van der Waals surface area contributed by atoms with E-state index < -0.39 is 7.60 Å². The van der Waals surface area contributed by atoms with Crippen LogP contribution in [0.4, 0.5) is 0 Å². The Morgan fingerprint density at radius 2 is 1.36 bits per heavy atom. The quantitative estimate of drug-likeness (QED) is 0.662. The molecule has 0 N–H and O–H groups in total. The molecular formula is C9H21O3PS. The normalized spacial score (nSPS) is 15.1. The molecule has 0 saturated heterocycles. The maximum absolute atomic E-state index is 12.3. The van der Waals surface area contributed by atoms with Gasteiger partial charge < -0.3 is 9.05 Å². The van der Waals surface area contributed by atoms with Crippen LogP contribution in [-0.4, -0.2) is 23.5 Å². The van der Waals surface area contributed by atoms with Crippen LogP contribution < -0.4 is 0 Å². The first-order valence-corrected chi connectivity index (χ1v) is 7.71. The fourth-order valence-electron chi connectivity index (χ4n) is 0.913. The van der Waals surface area contributed by atoms with Crippen LogP contribution in [0, 0.1) is 0 Å². The van der Waals surface area contributed by atoms with E-state index in [-0.39, 0.29) is 17.2 Å². The van der Waals surface area contributed by atoms with Gasteiger partial charge in [-0.25, -0.2) is 0 Å². The van der Waals surface area contributed by atoms with Crippen molar-refractivity contribution in [3.8, 4) is 0 Å². The number of hydrogen-bond acceptors (Lipinski definition) is 4. The standard InChI is InChI=1S/C9H21O3PS/c1-7(2)11-13(10,9(5)14-6)12-8(3)4/h7-9H,1-6H3. The lowest BCUT2D eigenvalue weighted by molar-refractivity contribution is 0.142. The first-order chi connectivity index (χ1) is 6.31. The van der Waals surface area contributed by atoms with Gasteiger partial charge in [0.2, 0.25) is 0 Å². The van der Waals surface area contributed by atoms with E-state index >= 15 is 0 Å². The van der Waals surface area contributed by atoms with E-state index in [9.17, 15) is 4.57 Å². The van der Waals surface area contributed by atoms with Gasteiger partial charge >= 0.3 is 7.60 Å². The predicted octanol–water partition coefficient (Wildman–Crippen LogP) is 3.74. The fraction of sp³-hybridized carbons (Fsp3) is 1.00. The third-order valence-electron chi connectivity index (χ3n) is 1.50. The number of hydrogen-bond donors (Lipinski definition) is 0. The summed E-state index contributed by atoms with van der Waals surface area (Å²) in [5.41, 5.74) is 0. The summed E-state index contributed by atoms with van der Waals surface area (Å²) in [4.78, 5) is -0.118. The Bertz CT molecular complexity index is 192. The predicted molar refractivity (Wildman–Crippen MR) is 63.0 cm³/mol. The van der Waals surface area contributed by atoms with Gasteiger partial charge in [0.15, 0.2) is 0 Å². The highest BCUT2D eigenvalue weighted by Crippen LogP contribution is 2.57. The van der Waals surface area contributed by atoms with Crippen LogP contribution in [0.3, 0.4) is 0 Å². The van der Waals surface area contributed by atoms with Crippen LogP contribution >= 0.6 is 19.4 Å². The van der Waals surface area contributed by atoms with Gasteiger partial charge in [-0.05, 0) is 40.9 Å². The molecule has 0 aliphatic heterocycles. The Kier molecular flexibility index (Phi) is 6.38. The molecule has 0 aromatic carbocycles. The Morgan fingerprint density at radius 3 is 1.57 bits per heavy atom. The summed E-state index contributed by atoms with van der Waals surface area (Å²) in [5, 5.41) is 0. The molecule has 0 bridgehead atoms. The molecule has 14 heavy (non-hydrogen) atoms. The molecule has 0 spiro atoms. The molecule has 0 fully saturated rings. The molecule has 3 nitrogen and oxygen atoms in total. The van der Waals surface area contributed by atoms with Gasteiger partial charge in [-0.2, -0.15) is 0 Å². The highest BCUT2D eigenvalue weighted by molar-refractivity contribution is 8.04. The topological polar surface area (TPSA) is 35.5 Å². The Labute approximate surface area is 91.5 Å². The van der Waals surface area contributed by atoms with Crippen molar-refractivity contribution in [3.05, 3.63) is 0 Å². The van der Waals surface area contributed by atoms with Crippen molar-refractivity contribution < 1.29 is 13.6 Å². The SMILES string of the molecule is CSC(C)P(=O)(OC(C)C)OC(C)C. The van der Waals surface area contributed by atoms with Crippen molar-refractivity contribution in [2.24, 2.45) is 0 Å². The molecule has 0 rings (SSSR count). The molecule has 1 atom stereocenters. The van der Waals surface area contributed by atoms with Crippen LogP contribution in [0.15, 0.2) is 0 Å². The van der Waals surface area contributed by atoms with Crippen molar-refractivity contribution >= 4 is 19.4 Å². The lowest BCUT2D eigenvalue weighted by atomic mass is 10.5. The summed E-state index contributed by atoms with van der Waals surface area (Å²) < 4.78 is 23.1. The molecule has 0 radical (unpaired) electrons. The number of thioether (sulfide) groups is 1. The minimum absolute atomic E-state index is 0.0748. The van der Waals surface area contributed by atoms with Crippen molar-refractivity contribution in [1.82, 2.24) is 0 Å². The zero-order valence-electron chi connectivity index (χ0n) is 9.81. The molecule has 0 amide bonds. The molecular weight excluding hydrogens is 219 g/mol. The van der Waals surface area contributed by atoms with E-state index in [1.807, 2.05) is 40.9 Å². The van der Waals surface area contributed by atoms with Crippen LogP contribution in [0.25, 0.3) is 0 Å². The zero-order chi connectivity index (χ0) is 11.4. The largest absolute Gasteiger partial charge is 0.343 e. The maximum atomic E-state index is 12.3. The molecule has 0 heterocycles. The highest BCUT2D eigenvalue weighted by atomic mass is 32.2. The van der Waals surface area contributed by atoms with Gasteiger partial charge in [0.1, 0.15) is 4.99 Å². The Hall–Kier alpha value is 0.500. The third kappa shape index (κ3) is 4.83. The first kappa shape index (κ1) is 14.5. The van der Waals surface area contributed by atoms with Gasteiger partial charge in [-0.15, -0.1) is 11.8 Å². The molecule has 1 unspecified atom stereocenters. The Morgan fingerprint density at radius 1 is 1.00 bits per heavy atom. The van der Waals surface area contributed by atoms with Gasteiger partial charge in [-0.1, -0.05) is 0 Å². The summed E-state index contributed by atoms with van der Waals surface area (Å²) in [7, 11) is -2.96. The van der Waals surface area contributed by atoms with Crippen molar-refractivity contribution in [3.63, 3.8) is 0 Å². The van der Waals surface area contributed by atoms with E-state index in [0.29, 0.717) is 0 Å². The van der Waals surface area contributed by atoms with Crippen molar-refractivity contribution in [2.45, 2.75) is 51.8 Å². The molecule has 0 saturated carbocycles. The minimum atomic E-state index is -2.96. The molecule has 0 aliphatic rings. The first-order valence-electron chi connectivity index (χ1n) is 4.81. The summed E-state index contributed by atoms with van der Waals surface area (Å²) in [6.07, 6.45) is 1.76. The summed E-state index contributed by atoms with van der Waals surface area (Å²) in [6.45, 7) is 9.33. The second-order valence-corrected chi connectivity index (χ2v) is 7.49. The van der Waals surface area contributed by atoms with E-state index in [4.69, 9.17) is 9.05 Å². The summed E-state index contributed by atoms with van der Waals surface area (Å²) >= 11 is 1.50. The number of rotatable bonds is 6. The lowest BCUT2D eigenvalue weighted by Crippen LogP contribution is -2.13. The van der Waals surface area contributed by atoms with E-state index in [2.05, 4.69) is 0 Å². The van der Waals surface area contributed by atoms with Gasteiger partial charge in [0.25, 0.3) is 0 Å². The van der Waals surface area contributed by atoms with Crippen LogP contribution in [-0.2, 0) is 13.6 Å². The van der Waals surface area contributed by atoms with Gasteiger partial charge in [0.05, 0.1) is 12.2 Å². The second-order valence-electron chi connectivity index (χ2n) is 3.68. The Balaban J connectivity index is 4.58. The van der Waals surface area contributed by atoms with Gasteiger partial charge in [-0.3, -0.25) is 4.57 Å². The summed E-state index contributed by atoms with van der Waals surface area (Å²) in [5.74, 6) is 0. The van der Waals surface area contributed by atoms with Crippen molar-refractivity contribution in [2.75, 3.05) is 6.26 Å². The molecule has 0 aliphatic carbocycles. The molecule has 86 valence electrons. The second kappa shape index (κ2) is 6.16. The van der Waals surface area contributed by atoms with Gasteiger partial charge in [0, 0.05) is 0 Å². The maximum Gasteiger partial charge on any atom is 0.343 e. The van der Waals surface area contributed by atoms with Crippen LogP contribution in [0.2, 0.25) is 0 Å². The van der Waals surface area contributed by atoms with E-state index in [1.54, 1.807) is 0 Å². The van der Waals surface area contributed by atoms with E-state index in [0.717, 1.165) is 0 Å². The highest BCUT2D eigenvalue weighted by Gasteiger charge is 2.34. The van der Waals surface area contributed by atoms with Crippen LogP contribution in [0.1, 0.15) is 34.6 Å². The molecule has 0 aromatic rings. The van der Waals surface area contributed by atoms with Crippen molar-refractivity contribution in [1.29, 1.82) is 0 Å². The molecule has 0 aromatic heterocycles. The monoisotopic (exact) mass is 240 g/mol. The fourth-order valence-corrected chi connectivity index (χ4v) is 3.81. The third-order valence-corrected chi connectivity index (χ3v) is 5.91.